The fraction of sp³-hybridized carbons (Fsp3) is 0.320. The molecule has 34 heavy (non-hydrogen) atoms. The van der Waals surface area contributed by atoms with Gasteiger partial charge in [-0.05, 0) is 37.2 Å². The molecule has 3 rings (SSSR count). The second-order valence-corrected chi connectivity index (χ2v) is 15.8. The molecule has 0 fully saturated rings. The molecule has 0 bridgehead atoms. The SMILES string of the molecule is Cc1c(C(=O)OCC[Si](C)(C)C)nc2ccc(Oc3cccc(N=CN(C)C)c3)c(Cl)c2c1Cl. The summed E-state index contributed by atoms with van der Waals surface area (Å²) < 4.78 is 11.5. The molecule has 0 atom stereocenters. The van der Waals surface area contributed by atoms with E-state index in [1.807, 2.05) is 43.3 Å². The average Bonchev–Trinajstić information content (AvgIpc) is 2.75. The van der Waals surface area contributed by atoms with Crippen LogP contribution in [-0.2, 0) is 4.74 Å². The maximum absolute atomic E-state index is 12.7. The number of hydrogen-bond donors (Lipinski definition) is 0. The fourth-order valence-electron chi connectivity index (χ4n) is 3.08. The van der Waals surface area contributed by atoms with E-state index in [1.165, 1.54) is 0 Å². The van der Waals surface area contributed by atoms with Crippen LogP contribution in [0.2, 0.25) is 35.7 Å². The first-order valence-electron chi connectivity index (χ1n) is 10.9. The van der Waals surface area contributed by atoms with Crippen molar-refractivity contribution in [1.82, 2.24) is 9.88 Å². The van der Waals surface area contributed by atoms with Crippen molar-refractivity contribution in [3.8, 4) is 11.5 Å². The first-order chi connectivity index (χ1) is 16.0. The number of fused-ring (bicyclic) bond motifs is 1. The molecule has 0 radical (unpaired) electrons. The second kappa shape index (κ2) is 10.8. The van der Waals surface area contributed by atoms with Crippen LogP contribution in [-0.4, -0.2) is 51.0 Å². The number of halogens is 2. The van der Waals surface area contributed by atoms with Gasteiger partial charge in [0.05, 0.1) is 34.2 Å². The minimum absolute atomic E-state index is 0.198. The molecule has 1 aromatic heterocycles. The lowest BCUT2D eigenvalue weighted by atomic mass is 10.1. The van der Waals surface area contributed by atoms with Crippen molar-refractivity contribution >= 4 is 60.2 Å². The van der Waals surface area contributed by atoms with E-state index in [1.54, 1.807) is 25.4 Å². The van der Waals surface area contributed by atoms with Crippen LogP contribution in [0.3, 0.4) is 0 Å². The van der Waals surface area contributed by atoms with E-state index in [4.69, 9.17) is 32.7 Å². The standard InChI is InChI=1S/C25H29Cl2N3O3Si/c1-16-22(26)21-19(29-24(16)25(31)32-12-13-34(4,5)6)10-11-20(23(21)27)33-18-9-7-8-17(14-18)28-15-30(2)3/h7-11,14-15H,12-13H2,1-6H3. The van der Waals surface area contributed by atoms with E-state index in [0.717, 1.165) is 11.7 Å². The zero-order valence-corrected chi connectivity index (χ0v) is 22.8. The minimum Gasteiger partial charge on any atom is -0.461 e. The molecule has 2 aromatic carbocycles. The molecule has 0 unspecified atom stereocenters. The summed E-state index contributed by atoms with van der Waals surface area (Å²) in [6, 6.07) is 11.7. The Hall–Kier alpha value is -2.61. The van der Waals surface area contributed by atoms with E-state index in [0.29, 0.717) is 44.6 Å². The number of nitrogens with zero attached hydrogens (tertiary/aromatic N) is 3. The molecule has 9 heteroatoms. The summed E-state index contributed by atoms with van der Waals surface area (Å²) >= 11 is 13.3. The van der Waals surface area contributed by atoms with Gasteiger partial charge in [-0.3, -0.25) is 0 Å². The van der Waals surface area contributed by atoms with Gasteiger partial charge in [0.25, 0.3) is 0 Å². The maximum atomic E-state index is 12.7. The quantitative estimate of drug-likeness (QED) is 0.135. The fourth-order valence-corrected chi connectivity index (χ4v) is 4.41. The van der Waals surface area contributed by atoms with Crippen molar-refractivity contribution in [1.29, 1.82) is 0 Å². The predicted molar refractivity (Wildman–Crippen MR) is 143 cm³/mol. The van der Waals surface area contributed by atoms with Crippen molar-refractivity contribution in [3.05, 3.63) is 57.7 Å². The summed E-state index contributed by atoms with van der Waals surface area (Å²) in [5.41, 5.74) is 1.96. The van der Waals surface area contributed by atoms with Crippen LogP contribution in [0.5, 0.6) is 11.5 Å². The minimum atomic E-state index is -1.32. The zero-order valence-electron chi connectivity index (χ0n) is 20.3. The molecule has 6 nitrogen and oxygen atoms in total. The molecule has 0 amide bonds. The van der Waals surface area contributed by atoms with Crippen molar-refractivity contribution < 1.29 is 14.3 Å². The third-order valence-electron chi connectivity index (χ3n) is 4.98. The normalized spacial score (nSPS) is 11.8. The Kier molecular flexibility index (Phi) is 8.23. The number of hydrogen-bond acceptors (Lipinski definition) is 5. The highest BCUT2D eigenvalue weighted by atomic mass is 35.5. The number of aliphatic imine (C=N–C) groups is 1. The van der Waals surface area contributed by atoms with Gasteiger partial charge in [-0.2, -0.15) is 0 Å². The monoisotopic (exact) mass is 517 g/mol. The molecular formula is C25H29Cl2N3O3Si. The molecule has 0 aliphatic carbocycles. The number of pyridine rings is 1. The van der Waals surface area contributed by atoms with Crippen LogP contribution in [0.1, 0.15) is 16.1 Å². The second-order valence-electron chi connectivity index (χ2n) is 9.43. The van der Waals surface area contributed by atoms with E-state index >= 15 is 0 Å². The molecule has 1 heterocycles. The number of carbonyl (C=O) groups excluding carboxylic acids is 1. The molecule has 3 aromatic rings. The number of ether oxygens (including phenoxy) is 2. The molecule has 0 saturated heterocycles. The van der Waals surface area contributed by atoms with Gasteiger partial charge in [0.15, 0.2) is 5.69 Å². The smallest absolute Gasteiger partial charge is 0.357 e. The van der Waals surface area contributed by atoms with E-state index < -0.39 is 14.0 Å². The van der Waals surface area contributed by atoms with Crippen LogP contribution < -0.4 is 4.74 Å². The molecule has 0 N–H and O–H groups in total. The molecule has 0 aliphatic rings. The Labute approximate surface area is 211 Å². The summed E-state index contributed by atoms with van der Waals surface area (Å²) in [7, 11) is 2.48. The number of carbonyl (C=O) groups is 1. The van der Waals surface area contributed by atoms with Gasteiger partial charge in [0.2, 0.25) is 0 Å². The highest BCUT2D eigenvalue weighted by molar-refractivity contribution is 6.76. The topological polar surface area (TPSA) is 64.0 Å². The van der Waals surface area contributed by atoms with E-state index in [2.05, 4.69) is 29.6 Å². The zero-order chi connectivity index (χ0) is 25.0. The third kappa shape index (κ3) is 6.49. The van der Waals surface area contributed by atoms with Gasteiger partial charge < -0.3 is 14.4 Å². The van der Waals surface area contributed by atoms with Crippen molar-refractivity contribution in [2.45, 2.75) is 32.6 Å². The Morgan fingerprint density at radius 2 is 1.88 bits per heavy atom. The summed E-state index contributed by atoms with van der Waals surface area (Å²) in [5, 5.41) is 1.19. The Morgan fingerprint density at radius 3 is 2.56 bits per heavy atom. The van der Waals surface area contributed by atoms with Gasteiger partial charge in [-0.25, -0.2) is 14.8 Å². The molecule has 0 saturated carbocycles. The average molecular weight is 519 g/mol. The number of esters is 1. The van der Waals surface area contributed by atoms with Crippen LogP contribution in [0.4, 0.5) is 5.69 Å². The van der Waals surface area contributed by atoms with Crippen molar-refractivity contribution in [3.63, 3.8) is 0 Å². The van der Waals surface area contributed by atoms with Gasteiger partial charge in [-0.1, -0.05) is 48.9 Å². The molecule has 0 aliphatic heterocycles. The number of rotatable bonds is 8. The lowest BCUT2D eigenvalue weighted by Gasteiger charge is -2.16. The van der Waals surface area contributed by atoms with Gasteiger partial charge in [0, 0.05) is 39.2 Å². The molecular weight excluding hydrogens is 489 g/mol. The largest absolute Gasteiger partial charge is 0.461 e. The van der Waals surface area contributed by atoms with E-state index in [9.17, 15) is 4.79 Å². The summed E-state index contributed by atoms with van der Waals surface area (Å²) in [5.74, 6) is 0.528. The highest BCUT2D eigenvalue weighted by Crippen LogP contribution is 2.40. The Balaban J connectivity index is 1.90. The van der Waals surface area contributed by atoms with Gasteiger partial charge in [-0.15, -0.1) is 0 Å². The molecule has 180 valence electrons. The summed E-state index contributed by atoms with van der Waals surface area (Å²) in [6.45, 7) is 8.79. The Bertz CT molecular complexity index is 1240. The molecule has 0 spiro atoms. The summed E-state index contributed by atoms with van der Waals surface area (Å²) in [6.07, 6.45) is 1.71. The van der Waals surface area contributed by atoms with Crippen LogP contribution in [0.15, 0.2) is 41.4 Å². The lowest BCUT2D eigenvalue weighted by molar-refractivity contribution is 0.0518. The van der Waals surface area contributed by atoms with Crippen LogP contribution in [0.25, 0.3) is 10.9 Å². The summed E-state index contributed by atoms with van der Waals surface area (Å²) in [4.78, 5) is 23.4. The number of aromatic nitrogens is 1. The predicted octanol–water partition coefficient (Wildman–Crippen LogP) is 7.36. The first-order valence-corrected chi connectivity index (χ1v) is 15.4. The van der Waals surface area contributed by atoms with E-state index in [-0.39, 0.29) is 5.69 Å². The Morgan fingerprint density at radius 1 is 1.15 bits per heavy atom. The van der Waals surface area contributed by atoms with Gasteiger partial charge >= 0.3 is 5.97 Å². The van der Waals surface area contributed by atoms with Crippen LogP contribution >= 0.6 is 23.2 Å². The lowest BCUT2D eigenvalue weighted by Crippen LogP contribution is -2.23. The van der Waals surface area contributed by atoms with Crippen molar-refractivity contribution in [2.75, 3.05) is 20.7 Å². The van der Waals surface area contributed by atoms with Crippen LogP contribution in [0, 0.1) is 6.92 Å². The van der Waals surface area contributed by atoms with Gasteiger partial charge in [0.1, 0.15) is 11.5 Å². The third-order valence-corrected chi connectivity index (χ3v) is 7.53. The number of benzene rings is 2. The maximum Gasteiger partial charge on any atom is 0.357 e. The highest BCUT2D eigenvalue weighted by Gasteiger charge is 2.22. The first kappa shape index (κ1) is 26.0. The van der Waals surface area contributed by atoms with Crippen molar-refractivity contribution in [2.24, 2.45) is 4.99 Å².